The van der Waals surface area contributed by atoms with Gasteiger partial charge in [-0.1, -0.05) is 36.4 Å². The molecule has 8 heteroatoms. The number of carbonyl (C=O) groups is 1. The van der Waals surface area contributed by atoms with Gasteiger partial charge in [-0.2, -0.15) is 0 Å². The summed E-state index contributed by atoms with van der Waals surface area (Å²) in [7, 11) is 0. The van der Waals surface area contributed by atoms with Gasteiger partial charge in [-0.3, -0.25) is 14.2 Å². The van der Waals surface area contributed by atoms with Crippen LogP contribution in [-0.4, -0.2) is 20.4 Å². The Balaban J connectivity index is 1.46. The Kier molecular flexibility index (Phi) is 4.99. The molecule has 0 radical (unpaired) electrons. The molecule has 32 heavy (non-hydrogen) atoms. The molecule has 5 aromatic rings. The van der Waals surface area contributed by atoms with Crippen molar-refractivity contribution in [3.8, 4) is 11.3 Å². The highest BCUT2D eigenvalue weighted by Gasteiger charge is 2.15. The van der Waals surface area contributed by atoms with E-state index in [1.54, 1.807) is 19.1 Å². The van der Waals surface area contributed by atoms with Gasteiger partial charge >= 0.3 is 0 Å². The number of benzene rings is 2. The zero-order valence-corrected chi connectivity index (χ0v) is 17.8. The van der Waals surface area contributed by atoms with E-state index in [1.165, 1.54) is 28.3 Å². The minimum atomic E-state index is -0.442. The molecule has 2 aromatic carbocycles. The van der Waals surface area contributed by atoms with Crippen LogP contribution in [0.15, 0.2) is 71.8 Å². The first-order valence-corrected chi connectivity index (χ1v) is 10.7. The largest absolute Gasteiger partial charge is 0.324 e. The van der Waals surface area contributed by atoms with Crippen molar-refractivity contribution in [3.63, 3.8) is 0 Å². The molecule has 0 saturated carbocycles. The lowest BCUT2D eigenvalue weighted by molar-refractivity contribution is -0.116. The normalized spacial score (nSPS) is 11.2. The summed E-state index contributed by atoms with van der Waals surface area (Å²) in [6.07, 6.45) is 1.36. The highest BCUT2D eigenvalue weighted by atomic mass is 32.1. The molecule has 0 fully saturated rings. The summed E-state index contributed by atoms with van der Waals surface area (Å²) in [6.45, 7) is 1.41. The van der Waals surface area contributed by atoms with Crippen molar-refractivity contribution in [2.75, 3.05) is 5.32 Å². The fourth-order valence-corrected chi connectivity index (χ4v) is 4.53. The summed E-state index contributed by atoms with van der Waals surface area (Å²) in [5, 5.41) is 3.41. The summed E-state index contributed by atoms with van der Waals surface area (Å²) < 4.78 is 15.4. The number of rotatable bonds is 4. The standard InChI is InChI=1S/C24H17FN4O2S/c1-14-7-8-16(11-18(14)25)27-20(30)12-29-13-26-21-17-9-10-19(15-5-3-2-4-6-15)28-23(17)32-22(21)24(29)31/h2-11,13H,12H2,1H3,(H,27,30). The van der Waals surface area contributed by atoms with Gasteiger partial charge in [0.05, 0.1) is 17.5 Å². The number of carbonyl (C=O) groups excluding carboxylic acids is 1. The lowest BCUT2D eigenvalue weighted by Gasteiger charge is -2.08. The van der Waals surface area contributed by atoms with Gasteiger partial charge in [0.1, 0.15) is 21.9 Å². The molecule has 0 aliphatic rings. The summed E-state index contributed by atoms with van der Waals surface area (Å²) in [5.74, 6) is -0.849. The third-order valence-electron chi connectivity index (χ3n) is 5.15. The summed E-state index contributed by atoms with van der Waals surface area (Å²) in [5.41, 5.74) is 2.88. The second-order valence-corrected chi connectivity index (χ2v) is 8.38. The number of thiophene rings is 1. The lowest BCUT2D eigenvalue weighted by atomic mass is 10.1. The first-order chi connectivity index (χ1) is 15.5. The smallest absolute Gasteiger partial charge is 0.271 e. The van der Waals surface area contributed by atoms with Crippen LogP contribution in [-0.2, 0) is 11.3 Å². The fourth-order valence-electron chi connectivity index (χ4n) is 3.46. The number of halogens is 1. The molecule has 3 aromatic heterocycles. The minimum Gasteiger partial charge on any atom is -0.324 e. The molecule has 6 nitrogen and oxygen atoms in total. The topological polar surface area (TPSA) is 76.9 Å². The predicted octanol–water partition coefficient (Wildman–Crippen LogP) is 4.76. The average molecular weight is 444 g/mol. The first-order valence-electron chi connectivity index (χ1n) is 9.90. The van der Waals surface area contributed by atoms with Crippen LogP contribution in [0, 0.1) is 12.7 Å². The van der Waals surface area contributed by atoms with Crippen LogP contribution >= 0.6 is 11.3 Å². The number of hydrogen-bond donors (Lipinski definition) is 1. The Bertz CT molecular complexity index is 1540. The molecule has 0 aliphatic carbocycles. The van der Waals surface area contributed by atoms with Crippen LogP contribution < -0.4 is 10.9 Å². The van der Waals surface area contributed by atoms with Crippen molar-refractivity contribution in [1.29, 1.82) is 0 Å². The number of amides is 1. The van der Waals surface area contributed by atoms with E-state index in [0.717, 1.165) is 16.6 Å². The van der Waals surface area contributed by atoms with Crippen LogP contribution in [0.4, 0.5) is 10.1 Å². The molecule has 0 atom stereocenters. The molecule has 5 rings (SSSR count). The molecule has 1 amide bonds. The third kappa shape index (κ3) is 3.65. The van der Waals surface area contributed by atoms with Crippen LogP contribution in [0.5, 0.6) is 0 Å². The Hall–Kier alpha value is -3.91. The zero-order chi connectivity index (χ0) is 22.2. The Morgan fingerprint density at radius 2 is 1.94 bits per heavy atom. The number of pyridine rings is 1. The van der Waals surface area contributed by atoms with Crippen molar-refractivity contribution >= 4 is 43.4 Å². The Labute approximate surface area is 186 Å². The van der Waals surface area contributed by atoms with Crippen LogP contribution in [0.1, 0.15) is 5.56 Å². The van der Waals surface area contributed by atoms with Gasteiger partial charge in [0.2, 0.25) is 5.91 Å². The minimum absolute atomic E-state index is 0.228. The molecule has 0 unspecified atom stereocenters. The van der Waals surface area contributed by atoms with E-state index in [2.05, 4.69) is 10.3 Å². The molecule has 0 bridgehead atoms. The first kappa shape index (κ1) is 20.0. The second kappa shape index (κ2) is 7.97. The molecule has 0 saturated heterocycles. The maximum Gasteiger partial charge on any atom is 0.271 e. The molecular weight excluding hydrogens is 427 g/mol. The number of anilines is 1. The molecule has 0 spiro atoms. The van der Waals surface area contributed by atoms with E-state index in [1.807, 2.05) is 42.5 Å². The van der Waals surface area contributed by atoms with Gasteiger partial charge in [-0.05, 0) is 36.8 Å². The molecule has 1 N–H and O–H groups in total. The van der Waals surface area contributed by atoms with Crippen molar-refractivity contribution < 1.29 is 9.18 Å². The van der Waals surface area contributed by atoms with Gasteiger partial charge in [-0.25, -0.2) is 14.4 Å². The van der Waals surface area contributed by atoms with Crippen molar-refractivity contribution in [2.24, 2.45) is 0 Å². The SMILES string of the molecule is Cc1ccc(NC(=O)Cn2cnc3c(sc4nc(-c5ccccc5)ccc43)c2=O)cc1F. The van der Waals surface area contributed by atoms with Gasteiger partial charge in [0.25, 0.3) is 5.56 Å². The quantitative estimate of drug-likeness (QED) is 0.434. The number of nitrogens with zero attached hydrogens (tertiary/aromatic N) is 3. The van der Waals surface area contributed by atoms with E-state index in [-0.39, 0.29) is 12.1 Å². The van der Waals surface area contributed by atoms with Gasteiger partial charge in [0.15, 0.2) is 0 Å². The number of aryl methyl sites for hydroxylation is 1. The van der Waals surface area contributed by atoms with Crippen molar-refractivity contribution in [2.45, 2.75) is 13.5 Å². The van der Waals surface area contributed by atoms with E-state index in [0.29, 0.717) is 26.3 Å². The van der Waals surface area contributed by atoms with Crippen LogP contribution in [0.2, 0.25) is 0 Å². The highest BCUT2D eigenvalue weighted by molar-refractivity contribution is 7.25. The predicted molar refractivity (Wildman–Crippen MR) is 124 cm³/mol. The van der Waals surface area contributed by atoms with Crippen LogP contribution in [0.25, 0.3) is 31.7 Å². The number of hydrogen-bond acceptors (Lipinski definition) is 5. The maximum atomic E-state index is 13.7. The van der Waals surface area contributed by atoms with E-state index < -0.39 is 11.7 Å². The zero-order valence-electron chi connectivity index (χ0n) is 17.0. The maximum absolute atomic E-state index is 13.7. The lowest BCUT2D eigenvalue weighted by Crippen LogP contribution is -2.27. The van der Waals surface area contributed by atoms with E-state index in [4.69, 9.17) is 4.98 Å². The molecular formula is C24H17FN4O2S. The average Bonchev–Trinajstić information content (AvgIpc) is 3.17. The fraction of sp³-hybridized carbons (Fsp3) is 0.0833. The number of fused-ring (bicyclic) bond motifs is 3. The summed E-state index contributed by atoms with van der Waals surface area (Å²) >= 11 is 1.26. The van der Waals surface area contributed by atoms with E-state index >= 15 is 0 Å². The molecule has 158 valence electrons. The van der Waals surface area contributed by atoms with Gasteiger partial charge < -0.3 is 5.32 Å². The van der Waals surface area contributed by atoms with Gasteiger partial charge in [0, 0.05) is 16.6 Å². The van der Waals surface area contributed by atoms with E-state index in [9.17, 15) is 14.0 Å². The van der Waals surface area contributed by atoms with Crippen molar-refractivity contribution in [1.82, 2.24) is 14.5 Å². The molecule has 0 aliphatic heterocycles. The summed E-state index contributed by atoms with van der Waals surface area (Å²) in [6, 6.07) is 18.1. The second-order valence-electron chi connectivity index (χ2n) is 7.38. The van der Waals surface area contributed by atoms with Crippen LogP contribution in [0.3, 0.4) is 0 Å². The number of nitrogens with one attached hydrogen (secondary N) is 1. The van der Waals surface area contributed by atoms with Crippen molar-refractivity contribution in [3.05, 3.63) is 88.7 Å². The number of aromatic nitrogens is 3. The Morgan fingerprint density at radius 3 is 2.72 bits per heavy atom. The van der Waals surface area contributed by atoms with Gasteiger partial charge in [-0.15, -0.1) is 11.3 Å². The highest BCUT2D eigenvalue weighted by Crippen LogP contribution is 2.31. The summed E-state index contributed by atoms with van der Waals surface area (Å²) in [4.78, 5) is 35.2. The Morgan fingerprint density at radius 1 is 1.12 bits per heavy atom. The molecule has 3 heterocycles. The third-order valence-corrected chi connectivity index (χ3v) is 6.23. The monoisotopic (exact) mass is 444 g/mol.